The van der Waals surface area contributed by atoms with Crippen LogP contribution in [0.2, 0.25) is 0 Å². The SMILES string of the molecule is COc1ccc(CNC(=O)[C@H]2CCCCN2S(=O)(=O)c2ccc(F)cc2)cc1. The molecule has 1 heterocycles. The molecule has 6 nitrogen and oxygen atoms in total. The highest BCUT2D eigenvalue weighted by molar-refractivity contribution is 7.89. The van der Waals surface area contributed by atoms with Crippen LogP contribution in [0.3, 0.4) is 0 Å². The Bertz CT molecular complexity index is 914. The first kappa shape index (κ1) is 20.3. The molecule has 0 saturated carbocycles. The number of nitrogens with zero attached hydrogens (tertiary/aromatic N) is 1. The van der Waals surface area contributed by atoms with Crippen LogP contribution in [0.25, 0.3) is 0 Å². The summed E-state index contributed by atoms with van der Waals surface area (Å²) in [5.74, 6) is -0.119. The van der Waals surface area contributed by atoms with Crippen LogP contribution < -0.4 is 10.1 Å². The predicted octanol–water partition coefficient (Wildman–Crippen LogP) is 2.69. The van der Waals surface area contributed by atoms with E-state index in [1.807, 2.05) is 12.1 Å². The number of benzene rings is 2. The van der Waals surface area contributed by atoms with Gasteiger partial charge in [0.25, 0.3) is 0 Å². The molecule has 150 valence electrons. The quantitative estimate of drug-likeness (QED) is 0.800. The molecule has 8 heteroatoms. The number of hydrogen-bond acceptors (Lipinski definition) is 4. The number of hydrogen-bond donors (Lipinski definition) is 1. The molecule has 2 aromatic rings. The maximum absolute atomic E-state index is 13.2. The highest BCUT2D eigenvalue weighted by Crippen LogP contribution is 2.26. The van der Waals surface area contributed by atoms with Gasteiger partial charge in [0.2, 0.25) is 15.9 Å². The standard InChI is InChI=1S/C20H23FN2O4S/c1-27-17-9-5-15(6-10-17)14-22-20(24)19-4-2-3-13-23(19)28(25,26)18-11-7-16(21)8-12-18/h5-12,19H,2-4,13-14H2,1H3,(H,22,24)/t19-/m1/s1. The van der Waals surface area contributed by atoms with Crippen molar-refractivity contribution in [3.05, 3.63) is 59.9 Å². The molecule has 0 spiro atoms. The van der Waals surface area contributed by atoms with E-state index in [1.165, 1.54) is 16.4 Å². The third-order valence-corrected chi connectivity index (χ3v) is 6.72. The van der Waals surface area contributed by atoms with Gasteiger partial charge in [0, 0.05) is 13.1 Å². The van der Waals surface area contributed by atoms with Crippen molar-refractivity contribution in [1.29, 1.82) is 0 Å². The van der Waals surface area contributed by atoms with Gasteiger partial charge < -0.3 is 10.1 Å². The molecule has 0 aliphatic carbocycles. The monoisotopic (exact) mass is 406 g/mol. The van der Waals surface area contributed by atoms with Crippen LogP contribution in [0.15, 0.2) is 53.4 Å². The number of halogens is 1. The van der Waals surface area contributed by atoms with Gasteiger partial charge >= 0.3 is 0 Å². The van der Waals surface area contributed by atoms with Crippen molar-refractivity contribution < 1.29 is 22.3 Å². The summed E-state index contributed by atoms with van der Waals surface area (Å²) in [7, 11) is -2.30. The van der Waals surface area contributed by atoms with Crippen molar-refractivity contribution in [1.82, 2.24) is 9.62 Å². The minimum Gasteiger partial charge on any atom is -0.497 e. The van der Waals surface area contributed by atoms with Crippen molar-refractivity contribution >= 4 is 15.9 Å². The number of nitrogens with one attached hydrogen (secondary N) is 1. The van der Waals surface area contributed by atoms with Gasteiger partial charge in [0.1, 0.15) is 17.6 Å². The number of carbonyl (C=O) groups excluding carboxylic acids is 1. The topological polar surface area (TPSA) is 75.7 Å². The second-order valence-corrected chi connectivity index (χ2v) is 8.54. The van der Waals surface area contributed by atoms with Gasteiger partial charge in [-0.2, -0.15) is 4.31 Å². The van der Waals surface area contributed by atoms with E-state index in [1.54, 1.807) is 19.2 Å². The number of carbonyl (C=O) groups is 1. The van der Waals surface area contributed by atoms with Crippen LogP contribution >= 0.6 is 0 Å². The Hall–Kier alpha value is -2.45. The summed E-state index contributed by atoms with van der Waals surface area (Å²) in [6.07, 6.45) is 1.91. The molecule has 1 saturated heterocycles. The molecule has 1 atom stereocenters. The average molecular weight is 406 g/mol. The lowest BCUT2D eigenvalue weighted by atomic mass is 10.0. The fourth-order valence-corrected chi connectivity index (χ4v) is 4.90. The minimum absolute atomic E-state index is 0.0104. The Labute approximate surface area is 164 Å². The number of piperidine rings is 1. The lowest BCUT2D eigenvalue weighted by Gasteiger charge is -2.33. The Morgan fingerprint density at radius 2 is 1.82 bits per heavy atom. The fourth-order valence-electron chi connectivity index (χ4n) is 3.25. The van der Waals surface area contributed by atoms with Crippen LogP contribution in [0.4, 0.5) is 4.39 Å². The van der Waals surface area contributed by atoms with Gasteiger partial charge in [-0.25, -0.2) is 12.8 Å². The summed E-state index contributed by atoms with van der Waals surface area (Å²) in [5.41, 5.74) is 0.887. The molecule has 0 radical (unpaired) electrons. The third kappa shape index (κ3) is 4.51. The van der Waals surface area contributed by atoms with Gasteiger partial charge in [-0.15, -0.1) is 0 Å². The van der Waals surface area contributed by atoms with Gasteiger partial charge in [-0.05, 0) is 54.8 Å². The molecule has 3 rings (SSSR count). The lowest BCUT2D eigenvalue weighted by Crippen LogP contribution is -2.51. The molecule has 28 heavy (non-hydrogen) atoms. The highest BCUT2D eigenvalue weighted by Gasteiger charge is 2.37. The first-order valence-electron chi connectivity index (χ1n) is 9.10. The largest absolute Gasteiger partial charge is 0.497 e. The van der Waals surface area contributed by atoms with E-state index in [-0.39, 0.29) is 17.3 Å². The zero-order valence-electron chi connectivity index (χ0n) is 15.6. The van der Waals surface area contributed by atoms with Crippen molar-refractivity contribution in [2.75, 3.05) is 13.7 Å². The number of rotatable bonds is 6. The Morgan fingerprint density at radius 1 is 1.14 bits per heavy atom. The number of methoxy groups -OCH3 is 1. The molecule has 1 fully saturated rings. The minimum atomic E-state index is -3.88. The zero-order chi connectivity index (χ0) is 20.1. The van der Waals surface area contributed by atoms with E-state index in [0.29, 0.717) is 19.4 Å². The van der Waals surface area contributed by atoms with E-state index in [2.05, 4.69) is 5.32 Å². The Morgan fingerprint density at radius 3 is 2.46 bits per heavy atom. The average Bonchev–Trinajstić information content (AvgIpc) is 2.72. The van der Waals surface area contributed by atoms with Gasteiger partial charge in [0.15, 0.2) is 0 Å². The second-order valence-electron chi connectivity index (χ2n) is 6.65. The highest BCUT2D eigenvalue weighted by atomic mass is 32.2. The third-order valence-electron chi connectivity index (χ3n) is 4.80. The van der Waals surface area contributed by atoms with E-state index in [4.69, 9.17) is 4.74 Å². The normalized spacial score (nSPS) is 17.9. The van der Waals surface area contributed by atoms with E-state index in [0.717, 1.165) is 29.9 Å². The Kier molecular flexibility index (Phi) is 6.31. The molecule has 2 aromatic carbocycles. The number of sulfonamides is 1. The zero-order valence-corrected chi connectivity index (χ0v) is 16.4. The van der Waals surface area contributed by atoms with Gasteiger partial charge in [-0.3, -0.25) is 4.79 Å². The first-order chi connectivity index (χ1) is 13.4. The molecule has 0 bridgehead atoms. The van der Waals surface area contributed by atoms with Crippen LogP contribution in [0, 0.1) is 5.82 Å². The number of amides is 1. The summed E-state index contributed by atoms with van der Waals surface area (Å²) < 4.78 is 45.4. The van der Waals surface area contributed by atoms with E-state index >= 15 is 0 Å². The molecule has 0 aromatic heterocycles. The molecule has 1 aliphatic heterocycles. The second kappa shape index (κ2) is 8.70. The maximum atomic E-state index is 13.2. The summed E-state index contributed by atoms with van der Waals surface area (Å²) in [6, 6.07) is 11.2. The smallest absolute Gasteiger partial charge is 0.243 e. The van der Waals surface area contributed by atoms with E-state index in [9.17, 15) is 17.6 Å². The molecule has 1 N–H and O–H groups in total. The van der Waals surface area contributed by atoms with Crippen LogP contribution in [-0.4, -0.2) is 38.3 Å². The van der Waals surface area contributed by atoms with Gasteiger partial charge in [-0.1, -0.05) is 18.6 Å². The first-order valence-corrected chi connectivity index (χ1v) is 10.5. The fraction of sp³-hybridized carbons (Fsp3) is 0.350. The predicted molar refractivity (Wildman–Crippen MR) is 103 cm³/mol. The summed E-state index contributed by atoms with van der Waals surface area (Å²) in [4.78, 5) is 12.7. The van der Waals surface area contributed by atoms with Crippen molar-refractivity contribution in [3.8, 4) is 5.75 Å². The van der Waals surface area contributed by atoms with Crippen molar-refractivity contribution in [2.45, 2.75) is 36.7 Å². The molecular weight excluding hydrogens is 383 g/mol. The molecule has 1 aliphatic rings. The summed E-state index contributed by atoms with van der Waals surface area (Å²) in [5, 5.41) is 2.82. The maximum Gasteiger partial charge on any atom is 0.243 e. The lowest BCUT2D eigenvalue weighted by molar-refractivity contribution is -0.125. The van der Waals surface area contributed by atoms with Crippen LogP contribution in [-0.2, 0) is 21.4 Å². The van der Waals surface area contributed by atoms with Crippen LogP contribution in [0.1, 0.15) is 24.8 Å². The van der Waals surface area contributed by atoms with Gasteiger partial charge in [0.05, 0.1) is 12.0 Å². The molecule has 0 unspecified atom stereocenters. The van der Waals surface area contributed by atoms with Crippen LogP contribution in [0.5, 0.6) is 5.75 Å². The molecular formula is C20H23FN2O4S. The van der Waals surface area contributed by atoms with E-state index < -0.39 is 21.9 Å². The summed E-state index contributed by atoms with van der Waals surface area (Å²) in [6.45, 7) is 0.560. The molecule has 1 amide bonds. The Balaban J connectivity index is 1.72. The number of ether oxygens (including phenoxy) is 1. The van der Waals surface area contributed by atoms with Crippen molar-refractivity contribution in [3.63, 3.8) is 0 Å². The van der Waals surface area contributed by atoms with Crippen molar-refractivity contribution in [2.24, 2.45) is 0 Å². The summed E-state index contributed by atoms with van der Waals surface area (Å²) >= 11 is 0.